The summed E-state index contributed by atoms with van der Waals surface area (Å²) in [5.41, 5.74) is 5.60. The largest absolute Gasteiger partial charge is 0.409 e. The van der Waals surface area contributed by atoms with Gasteiger partial charge in [-0.25, -0.2) is 4.98 Å². The van der Waals surface area contributed by atoms with Crippen molar-refractivity contribution in [2.75, 3.05) is 7.11 Å². The third-order valence-electron chi connectivity index (χ3n) is 3.33. The Morgan fingerprint density at radius 3 is 3.18 bits per heavy atom. The number of oxime groups is 1. The minimum absolute atomic E-state index is 0.0505. The van der Waals surface area contributed by atoms with Gasteiger partial charge >= 0.3 is 0 Å². The predicted molar refractivity (Wildman–Crippen MR) is 63.0 cm³/mol. The normalized spacial score (nSPS) is 26.1. The summed E-state index contributed by atoms with van der Waals surface area (Å²) in [5, 5.41) is 11.7. The molecule has 0 bridgehead atoms. The van der Waals surface area contributed by atoms with E-state index in [0.717, 1.165) is 25.7 Å². The van der Waals surface area contributed by atoms with Crippen LogP contribution in [0.25, 0.3) is 0 Å². The second-order valence-corrected chi connectivity index (χ2v) is 4.32. The standard InChI is InChI=1S/C11H18N4O2/c1-17-9-4-2-3-8(7-9)15-6-5-13-11(15)10(12)14-16/h5-6,8-9,16H,2-4,7H2,1H3,(H2,12,14). The molecule has 2 atom stereocenters. The Morgan fingerprint density at radius 1 is 1.65 bits per heavy atom. The number of nitrogens with two attached hydrogens (primary N) is 1. The molecule has 1 saturated carbocycles. The van der Waals surface area contributed by atoms with Crippen LogP contribution in [0.3, 0.4) is 0 Å². The molecule has 0 spiro atoms. The highest BCUT2D eigenvalue weighted by molar-refractivity contribution is 5.93. The van der Waals surface area contributed by atoms with Gasteiger partial charge in [-0.1, -0.05) is 5.16 Å². The summed E-state index contributed by atoms with van der Waals surface area (Å²) < 4.78 is 7.37. The average molecular weight is 238 g/mol. The minimum Gasteiger partial charge on any atom is -0.409 e. The Balaban J connectivity index is 2.19. The van der Waals surface area contributed by atoms with E-state index in [1.165, 1.54) is 0 Å². The van der Waals surface area contributed by atoms with E-state index < -0.39 is 0 Å². The van der Waals surface area contributed by atoms with Crippen molar-refractivity contribution in [1.29, 1.82) is 0 Å². The van der Waals surface area contributed by atoms with Crippen LogP contribution in [0, 0.1) is 0 Å². The van der Waals surface area contributed by atoms with Crippen LogP contribution in [-0.2, 0) is 4.74 Å². The van der Waals surface area contributed by atoms with Gasteiger partial charge in [0, 0.05) is 25.5 Å². The molecule has 0 radical (unpaired) electrons. The van der Waals surface area contributed by atoms with Gasteiger partial charge in [0.15, 0.2) is 5.82 Å². The van der Waals surface area contributed by atoms with Crippen LogP contribution in [0.5, 0.6) is 0 Å². The Hall–Kier alpha value is -1.56. The summed E-state index contributed by atoms with van der Waals surface area (Å²) in [5.74, 6) is 0.573. The van der Waals surface area contributed by atoms with Crippen molar-refractivity contribution < 1.29 is 9.94 Å². The zero-order valence-corrected chi connectivity index (χ0v) is 9.91. The second-order valence-electron chi connectivity index (χ2n) is 4.32. The van der Waals surface area contributed by atoms with Gasteiger partial charge < -0.3 is 20.2 Å². The second kappa shape index (κ2) is 5.18. The third kappa shape index (κ3) is 2.41. The first kappa shape index (κ1) is 11.9. The SMILES string of the molecule is COC1CCCC(n2ccnc2C(N)=NO)C1. The molecule has 1 heterocycles. The van der Waals surface area contributed by atoms with Crippen molar-refractivity contribution in [2.24, 2.45) is 10.9 Å². The highest BCUT2D eigenvalue weighted by Crippen LogP contribution is 2.30. The quantitative estimate of drug-likeness (QED) is 0.357. The zero-order chi connectivity index (χ0) is 12.3. The molecule has 1 fully saturated rings. The molecule has 2 rings (SSSR count). The first-order valence-electron chi connectivity index (χ1n) is 5.79. The van der Waals surface area contributed by atoms with Gasteiger partial charge in [0.1, 0.15) is 0 Å². The Bertz CT molecular complexity index is 402. The number of aromatic nitrogens is 2. The zero-order valence-electron chi connectivity index (χ0n) is 9.91. The molecule has 1 aliphatic carbocycles. The average Bonchev–Trinajstić information content (AvgIpc) is 2.87. The summed E-state index contributed by atoms with van der Waals surface area (Å²) in [6.07, 6.45) is 8.06. The number of nitrogens with zero attached hydrogens (tertiary/aromatic N) is 3. The monoisotopic (exact) mass is 238 g/mol. The van der Waals surface area contributed by atoms with E-state index in [4.69, 9.17) is 15.7 Å². The summed E-state index contributed by atoms with van der Waals surface area (Å²) in [6, 6.07) is 0.312. The maximum atomic E-state index is 8.71. The number of hydrogen-bond acceptors (Lipinski definition) is 4. The van der Waals surface area contributed by atoms with Gasteiger partial charge in [-0.2, -0.15) is 0 Å². The van der Waals surface area contributed by atoms with Crippen LogP contribution >= 0.6 is 0 Å². The first-order chi connectivity index (χ1) is 8.26. The van der Waals surface area contributed by atoms with E-state index in [0.29, 0.717) is 11.9 Å². The van der Waals surface area contributed by atoms with E-state index in [-0.39, 0.29) is 11.9 Å². The van der Waals surface area contributed by atoms with Gasteiger partial charge in [-0.05, 0) is 25.7 Å². The van der Waals surface area contributed by atoms with Gasteiger partial charge in [0.05, 0.1) is 6.10 Å². The number of methoxy groups -OCH3 is 1. The van der Waals surface area contributed by atoms with E-state index >= 15 is 0 Å². The van der Waals surface area contributed by atoms with Crippen molar-refractivity contribution in [3.8, 4) is 0 Å². The number of amidine groups is 1. The number of imidazole rings is 1. The lowest BCUT2D eigenvalue weighted by Crippen LogP contribution is -2.28. The van der Waals surface area contributed by atoms with Gasteiger partial charge in [-0.15, -0.1) is 0 Å². The van der Waals surface area contributed by atoms with Crippen LogP contribution in [0.1, 0.15) is 37.5 Å². The molecule has 1 aliphatic rings. The number of rotatable bonds is 3. The van der Waals surface area contributed by atoms with Crippen molar-refractivity contribution in [2.45, 2.75) is 37.8 Å². The Labute approximate surface area is 100 Å². The molecule has 1 aromatic heterocycles. The number of hydrogen-bond donors (Lipinski definition) is 2. The molecular weight excluding hydrogens is 220 g/mol. The third-order valence-corrected chi connectivity index (χ3v) is 3.33. The maximum Gasteiger partial charge on any atom is 0.206 e. The summed E-state index contributed by atoms with van der Waals surface area (Å²) in [7, 11) is 1.74. The summed E-state index contributed by atoms with van der Waals surface area (Å²) in [6.45, 7) is 0. The first-order valence-corrected chi connectivity index (χ1v) is 5.79. The molecular formula is C11H18N4O2. The lowest BCUT2D eigenvalue weighted by molar-refractivity contribution is 0.0529. The van der Waals surface area contributed by atoms with Gasteiger partial charge in [0.2, 0.25) is 5.84 Å². The maximum absolute atomic E-state index is 8.71. The minimum atomic E-state index is 0.0505. The lowest BCUT2D eigenvalue weighted by atomic mass is 9.92. The summed E-state index contributed by atoms with van der Waals surface area (Å²) in [4.78, 5) is 4.12. The van der Waals surface area contributed by atoms with E-state index in [1.54, 1.807) is 13.3 Å². The fourth-order valence-corrected chi connectivity index (χ4v) is 2.44. The van der Waals surface area contributed by atoms with E-state index in [9.17, 15) is 0 Å². The molecule has 0 aromatic carbocycles. The van der Waals surface area contributed by atoms with E-state index in [1.807, 2.05) is 10.8 Å². The fraction of sp³-hybridized carbons (Fsp3) is 0.636. The van der Waals surface area contributed by atoms with Crippen LogP contribution in [0.2, 0.25) is 0 Å². The van der Waals surface area contributed by atoms with Crippen molar-refractivity contribution in [1.82, 2.24) is 9.55 Å². The van der Waals surface area contributed by atoms with E-state index in [2.05, 4.69) is 10.1 Å². The van der Waals surface area contributed by atoms with Crippen molar-refractivity contribution in [3.63, 3.8) is 0 Å². The van der Waals surface area contributed by atoms with Crippen LogP contribution < -0.4 is 5.73 Å². The summed E-state index contributed by atoms with van der Waals surface area (Å²) >= 11 is 0. The Kier molecular flexibility index (Phi) is 3.63. The van der Waals surface area contributed by atoms with Crippen molar-refractivity contribution in [3.05, 3.63) is 18.2 Å². The number of ether oxygens (including phenoxy) is 1. The highest BCUT2D eigenvalue weighted by Gasteiger charge is 2.25. The topological polar surface area (TPSA) is 85.7 Å². The molecule has 3 N–H and O–H groups in total. The van der Waals surface area contributed by atoms with Crippen LogP contribution in [0.4, 0.5) is 0 Å². The smallest absolute Gasteiger partial charge is 0.206 e. The van der Waals surface area contributed by atoms with Gasteiger partial charge in [0.25, 0.3) is 0 Å². The molecule has 17 heavy (non-hydrogen) atoms. The predicted octanol–water partition coefficient (Wildman–Crippen LogP) is 1.11. The van der Waals surface area contributed by atoms with Gasteiger partial charge in [-0.3, -0.25) is 0 Å². The molecule has 6 nitrogen and oxygen atoms in total. The van der Waals surface area contributed by atoms with Crippen LogP contribution in [0.15, 0.2) is 17.5 Å². The molecule has 2 unspecified atom stereocenters. The molecule has 1 aromatic rings. The molecule has 0 saturated heterocycles. The Morgan fingerprint density at radius 2 is 2.47 bits per heavy atom. The molecule has 94 valence electrons. The molecule has 6 heteroatoms. The molecule has 0 amide bonds. The highest BCUT2D eigenvalue weighted by atomic mass is 16.5. The van der Waals surface area contributed by atoms with Crippen LogP contribution in [-0.4, -0.2) is 33.8 Å². The lowest BCUT2D eigenvalue weighted by Gasteiger charge is -2.29. The van der Waals surface area contributed by atoms with Crippen molar-refractivity contribution >= 4 is 5.84 Å². The fourth-order valence-electron chi connectivity index (χ4n) is 2.44. The molecule has 0 aliphatic heterocycles.